The molecular weight excluding hydrogens is 333 g/mol. The van der Waals surface area contributed by atoms with E-state index in [4.69, 9.17) is 0 Å². The van der Waals surface area contributed by atoms with Crippen LogP contribution >= 0.6 is 0 Å². The van der Waals surface area contributed by atoms with Crippen molar-refractivity contribution in [3.05, 3.63) is 29.8 Å². The van der Waals surface area contributed by atoms with Gasteiger partial charge in [-0.2, -0.15) is 17.5 Å². The summed E-state index contributed by atoms with van der Waals surface area (Å²) >= 11 is 0. The molecule has 126 valence electrons. The Balaban J connectivity index is 1.80. The minimum atomic E-state index is -4.50. The van der Waals surface area contributed by atoms with Crippen LogP contribution in [0, 0.1) is 0 Å². The zero-order valence-electron chi connectivity index (χ0n) is 12.1. The number of fused-ring (bicyclic) bond motifs is 1. The monoisotopic (exact) mass is 348 g/mol. The van der Waals surface area contributed by atoms with Gasteiger partial charge in [0.1, 0.15) is 0 Å². The zero-order chi connectivity index (χ0) is 16.8. The van der Waals surface area contributed by atoms with Crippen molar-refractivity contribution in [2.75, 3.05) is 19.6 Å². The molecule has 0 N–H and O–H groups in total. The van der Waals surface area contributed by atoms with E-state index in [1.807, 2.05) is 0 Å². The third kappa shape index (κ3) is 2.94. The van der Waals surface area contributed by atoms with Gasteiger partial charge in [-0.15, -0.1) is 0 Å². The Morgan fingerprint density at radius 3 is 2.35 bits per heavy atom. The largest absolute Gasteiger partial charge is 0.416 e. The highest BCUT2D eigenvalue weighted by Gasteiger charge is 2.39. The van der Waals surface area contributed by atoms with E-state index in [0.29, 0.717) is 19.4 Å². The molecule has 2 heterocycles. The Labute approximate surface area is 131 Å². The number of benzene rings is 1. The summed E-state index contributed by atoms with van der Waals surface area (Å²) in [5.41, 5.74) is -0.886. The van der Waals surface area contributed by atoms with Crippen molar-refractivity contribution in [2.45, 2.75) is 30.0 Å². The van der Waals surface area contributed by atoms with Gasteiger partial charge in [0.15, 0.2) is 0 Å². The highest BCUT2D eigenvalue weighted by atomic mass is 32.2. The molecule has 23 heavy (non-hydrogen) atoms. The van der Waals surface area contributed by atoms with Crippen molar-refractivity contribution < 1.29 is 26.4 Å². The van der Waals surface area contributed by atoms with Crippen LogP contribution in [0.2, 0.25) is 0 Å². The summed E-state index contributed by atoms with van der Waals surface area (Å²) in [6, 6.07) is 3.35. The summed E-state index contributed by atoms with van der Waals surface area (Å²) in [6.07, 6.45) is -3.48. The van der Waals surface area contributed by atoms with Crippen LogP contribution in [0.3, 0.4) is 0 Å². The molecule has 3 rings (SSSR count). The fourth-order valence-electron chi connectivity index (χ4n) is 3.02. The Morgan fingerprint density at radius 2 is 1.74 bits per heavy atom. The lowest BCUT2D eigenvalue weighted by molar-refractivity contribution is -0.137. The molecule has 0 spiro atoms. The molecule has 1 atom stereocenters. The first-order chi connectivity index (χ1) is 10.7. The number of halogens is 3. The zero-order valence-corrected chi connectivity index (χ0v) is 12.9. The van der Waals surface area contributed by atoms with Crippen molar-refractivity contribution in [3.63, 3.8) is 0 Å². The maximum atomic E-state index is 12.6. The fraction of sp³-hybridized carbons (Fsp3) is 0.500. The Morgan fingerprint density at radius 1 is 1.09 bits per heavy atom. The number of carbonyl (C=O) groups excluding carboxylic acids is 1. The Kier molecular flexibility index (Phi) is 3.88. The number of sulfonamides is 1. The van der Waals surface area contributed by atoms with E-state index in [9.17, 15) is 26.4 Å². The van der Waals surface area contributed by atoms with E-state index in [-0.39, 0.29) is 29.9 Å². The van der Waals surface area contributed by atoms with Crippen LogP contribution < -0.4 is 0 Å². The summed E-state index contributed by atoms with van der Waals surface area (Å²) in [5, 5.41) is 0. The number of carbonyl (C=O) groups is 1. The lowest BCUT2D eigenvalue weighted by atomic mass is 10.2. The van der Waals surface area contributed by atoms with E-state index in [2.05, 4.69) is 0 Å². The van der Waals surface area contributed by atoms with Crippen molar-refractivity contribution >= 4 is 15.9 Å². The molecule has 1 amide bonds. The lowest BCUT2D eigenvalue weighted by Gasteiger charge is -2.36. The number of nitrogens with zero attached hydrogens (tertiary/aromatic N) is 2. The lowest BCUT2D eigenvalue weighted by Crippen LogP contribution is -2.53. The smallest absolute Gasteiger partial charge is 0.337 e. The van der Waals surface area contributed by atoms with Crippen molar-refractivity contribution in [1.29, 1.82) is 0 Å². The minimum absolute atomic E-state index is 0.0292. The third-order valence-electron chi connectivity index (χ3n) is 4.28. The molecule has 1 unspecified atom stereocenters. The molecule has 0 aliphatic carbocycles. The first-order valence-electron chi connectivity index (χ1n) is 7.16. The van der Waals surface area contributed by atoms with E-state index in [1.54, 1.807) is 4.90 Å². The maximum absolute atomic E-state index is 12.6. The highest BCUT2D eigenvalue weighted by molar-refractivity contribution is 7.89. The maximum Gasteiger partial charge on any atom is 0.416 e. The van der Waals surface area contributed by atoms with Gasteiger partial charge in [0.05, 0.1) is 10.5 Å². The fourth-order valence-corrected chi connectivity index (χ4v) is 4.49. The summed E-state index contributed by atoms with van der Waals surface area (Å²) in [7, 11) is -3.85. The molecule has 0 saturated carbocycles. The van der Waals surface area contributed by atoms with E-state index < -0.39 is 21.8 Å². The molecule has 2 aliphatic heterocycles. The number of rotatable bonds is 2. The van der Waals surface area contributed by atoms with Crippen molar-refractivity contribution in [3.8, 4) is 0 Å². The molecule has 2 aliphatic rings. The Bertz CT molecular complexity index is 716. The summed E-state index contributed by atoms with van der Waals surface area (Å²) in [4.78, 5) is 13.1. The molecule has 5 nitrogen and oxygen atoms in total. The Hall–Kier alpha value is -1.61. The SMILES string of the molecule is O=C1CCC2CN(S(=O)(=O)c3ccc(C(F)(F)F)cc3)CCN12. The second kappa shape index (κ2) is 5.48. The van der Waals surface area contributed by atoms with Crippen LogP contribution in [0.1, 0.15) is 18.4 Å². The van der Waals surface area contributed by atoms with E-state index in [1.165, 1.54) is 4.31 Å². The van der Waals surface area contributed by atoms with Crippen LogP contribution in [0.15, 0.2) is 29.2 Å². The molecule has 0 radical (unpaired) electrons. The molecule has 2 saturated heterocycles. The molecule has 1 aromatic carbocycles. The van der Waals surface area contributed by atoms with Gasteiger partial charge in [0, 0.05) is 32.1 Å². The first-order valence-corrected chi connectivity index (χ1v) is 8.60. The predicted octanol–water partition coefficient (Wildman–Crippen LogP) is 1.70. The average molecular weight is 348 g/mol. The second-order valence-electron chi connectivity index (χ2n) is 5.66. The topological polar surface area (TPSA) is 57.7 Å². The quantitative estimate of drug-likeness (QED) is 0.817. The van der Waals surface area contributed by atoms with Crippen molar-refractivity contribution in [2.24, 2.45) is 0 Å². The molecular formula is C14H15F3N2O3S. The standard InChI is InChI=1S/C14H15F3N2O3S/c15-14(16,17)10-1-4-12(5-2-10)23(21,22)18-7-8-19-11(9-18)3-6-13(19)20/h1-2,4-5,11H,3,6-9H2. The molecule has 1 aromatic rings. The summed E-state index contributed by atoms with van der Waals surface area (Å²) in [5.74, 6) is 0.0292. The number of alkyl halides is 3. The average Bonchev–Trinajstić information content (AvgIpc) is 2.87. The molecule has 9 heteroatoms. The van der Waals surface area contributed by atoms with Gasteiger partial charge < -0.3 is 4.90 Å². The highest BCUT2D eigenvalue weighted by Crippen LogP contribution is 2.31. The predicted molar refractivity (Wildman–Crippen MR) is 74.9 cm³/mol. The summed E-state index contributed by atoms with van der Waals surface area (Å²) < 4.78 is 64.0. The van der Waals surface area contributed by atoms with Gasteiger partial charge in [-0.3, -0.25) is 4.79 Å². The number of hydrogen-bond donors (Lipinski definition) is 0. The van der Waals surface area contributed by atoms with Crippen molar-refractivity contribution in [1.82, 2.24) is 9.21 Å². The van der Waals surface area contributed by atoms with Crippen LogP contribution in [-0.2, 0) is 21.0 Å². The van der Waals surface area contributed by atoms with Gasteiger partial charge in [-0.25, -0.2) is 8.42 Å². The minimum Gasteiger partial charge on any atom is -0.337 e. The number of hydrogen-bond acceptors (Lipinski definition) is 3. The van der Waals surface area contributed by atoms with E-state index in [0.717, 1.165) is 24.3 Å². The molecule has 0 aromatic heterocycles. The molecule has 2 fully saturated rings. The van der Waals surface area contributed by atoms with Gasteiger partial charge in [0.25, 0.3) is 0 Å². The van der Waals surface area contributed by atoms with Gasteiger partial charge >= 0.3 is 6.18 Å². The first kappa shape index (κ1) is 16.3. The number of piperazine rings is 1. The summed E-state index contributed by atoms with van der Waals surface area (Å²) in [6.45, 7) is 0.671. The number of amides is 1. The van der Waals surface area contributed by atoms with Gasteiger partial charge in [-0.1, -0.05) is 0 Å². The molecule has 0 bridgehead atoms. The second-order valence-corrected chi connectivity index (χ2v) is 7.60. The van der Waals surface area contributed by atoms with Crippen LogP contribution in [-0.4, -0.2) is 49.2 Å². The van der Waals surface area contributed by atoms with Crippen LogP contribution in [0.4, 0.5) is 13.2 Å². The van der Waals surface area contributed by atoms with Crippen LogP contribution in [0.5, 0.6) is 0 Å². The van der Waals surface area contributed by atoms with Gasteiger partial charge in [-0.05, 0) is 30.7 Å². The third-order valence-corrected chi connectivity index (χ3v) is 6.16. The van der Waals surface area contributed by atoms with Gasteiger partial charge in [0.2, 0.25) is 15.9 Å². The van der Waals surface area contributed by atoms with E-state index >= 15 is 0 Å². The normalized spacial score (nSPS) is 23.2. The van der Waals surface area contributed by atoms with Crippen LogP contribution in [0.25, 0.3) is 0 Å².